The molecule has 210 valence electrons. The second-order valence-electron chi connectivity index (χ2n) is 10.5. The van der Waals surface area contributed by atoms with E-state index in [2.05, 4.69) is 107 Å². The summed E-state index contributed by atoms with van der Waals surface area (Å²) in [4.78, 5) is 17.8. The molecule has 0 aliphatic carbocycles. The van der Waals surface area contributed by atoms with E-state index in [1.54, 1.807) is 5.01 Å². The molecule has 4 aromatic rings. The number of nitrogens with two attached hydrogens (primary N) is 1. The number of halogens is 1. The van der Waals surface area contributed by atoms with Crippen LogP contribution >= 0.6 is 12.4 Å². The molecule has 40 heavy (non-hydrogen) atoms. The zero-order valence-electron chi connectivity index (χ0n) is 23.4. The predicted molar refractivity (Wildman–Crippen MR) is 163 cm³/mol. The summed E-state index contributed by atoms with van der Waals surface area (Å²) in [5, 5.41) is 3.83. The number of benzene rings is 3. The normalized spacial score (nSPS) is 14.5. The lowest BCUT2D eigenvalue weighted by Crippen LogP contribution is -2.49. The van der Waals surface area contributed by atoms with Gasteiger partial charge in [-0.2, -0.15) is 0 Å². The fourth-order valence-corrected chi connectivity index (χ4v) is 5.98. The molecule has 0 radical (unpaired) electrons. The molecule has 1 atom stereocenters. The molecule has 3 aromatic carbocycles. The van der Waals surface area contributed by atoms with Crippen LogP contribution in [-0.4, -0.2) is 51.7 Å². The zero-order chi connectivity index (χ0) is 27.2. The Morgan fingerprint density at radius 1 is 0.900 bits per heavy atom. The van der Waals surface area contributed by atoms with Gasteiger partial charge in [0.15, 0.2) is 0 Å². The molecule has 5 rings (SSSR count). The third-order valence-corrected chi connectivity index (χ3v) is 8.12. The number of likely N-dealkylation sites (N-methyl/N-ethyl adjacent to an activating group) is 1. The van der Waals surface area contributed by atoms with Crippen molar-refractivity contribution in [3.05, 3.63) is 125 Å². The lowest BCUT2D eigenvalue weighted by Gasteiger charge is -2.38. The maximum absolute atomic E-state index is 12.9. The van der Waals surface area contributed by atoms with E-state index in [9.17, 15) is 4.79 Å². The fraction of sp³-hybridized carbons (Fsp3) is 0.333. The van der Waals surface area contributed by atoms with Crippen molar-refractivity contribution in [3.63, 3.8) is 0 Å². The Morgan fingerprint density at radius 3 is 1.85 bits per heavy atom. The zero-order valence-corrected chi connectivity index (χ0v) is 24.3. The molecule has 1 fully saturated rings. The predicted octanol–water partition coefficient (Wildman–Crippen LogP) is 5.57. The Bertz CT molecular complexity index is 1260. The van der Waals surface area contributed by atoms with E-state index in [0.29, 0.717) is 6.42 Å². The topological polar surface area (TPSA) is 67.4 Å². The van der Waals surface area contributed by atoms with Crippen molar-refractivity contribution < 1.29 is 4.79 Å². The van der Waals surface area contributed by atoms with E-state index in [0.717, 1.165) is 50.2 Å². The third kappa shape index (κ3) is 5.71. The number of rotatable bonds is 10. The summed E-state index contributed by atoms with van der Waals surface area (Å²) in [5.41, 5.74) is 11.4. The standard InChI is InChI=1S/C33H39N5O.ClH/c1-26-31(22-14-21-30(34)32(39)36(2)37-23-12-13-24-37)35-25-38(26)33(27-15-6-3-7-16-27,28-17-8-4-9-18-28)29-19-10-5-11-20-29;/h3-11,15-20,25,30H,12-14,21-24,34H2,1-2H3;1H/t30-;/m0./s1. The summed E-state index contributed by atoms with van der Waals surface area (Å²) < 4.78 is 2.31. The molecule has 7 heteroatoms. The van der Waals surface area contributed by atoms with Crippen molar-refractivity contribution >= 4 is 18.3 Å². The minimum Gasteiger partial charge on any atom is -0.320 e. The number of aromatic nitrogens is 2. The summed E-state index contributed by atoms with van der Waals surface area (Å²) in [7, 11) is 1.84. The minimum atomic E-state index is -0.579. The summed E-state index contributed by atoms with van der Waals surface area (Å²) in [6.45, 7) is 4.01. The molecular formula is C33H40ClN5O. The van der Waals surface area contributed by atoms with Gasteiger partial charge >= 0.3 is 0 Å². The molecule has 0 bridgehead atoms. The number of carbonyl (C=O) groups is 1. The average Bonchev–Trinajstić information content (AvgIpc) is 3.66. The molecule has 2 N–H and O–H groups in total. The minimum absolute atomic E-state index is 0. The molecule has 1 aliphatic rings. The molecule has 0 saturated carbocycles. The highest BCUT2D eigenvalue weighted by Gasteiger charge is 2.39. The average molecular weight is 558 g/mol. The summed E-state index contributed by atoms with van der Waals surface area (Å²) in [6, 6.07) is 31.4. The lowest BCUT2D eigenvalue weighted by atomic mass is 9.76. The number of hydrogen-bond acceptors (Lipinski definition) is 4. The number of nitrogens with zero attached hydrogens (tertiary/aromatic N) is 4. The van der Waals surface area contributed by atoms with Crippen LogP contribution < -0.4 is 5.73 Å². The van der Waals surface area contributed by atoms with Gasteiger partial charge in [-0.3, -0.25) is 9.80 Å². The van der Waals surface area contributed by atoms with Crippen LogP contribution in [0.1, 0.15) is 53.8 Å². The highest BCUT2D eigenvalue weighted by atomic mass is 35.5. The van der Waals surface area contributed by atoms with Crippen LogP contribution in [0.15, 0.2) is 97.3 Å². The van der Waals surface area contributed by atoms with Crippen molar-refractivity contribution in [1.82, 2.24) is 19.6 Å². The second kappa shape index (κ2) is 13.3. The molecule has 2 heterocycles. The van der Waals surface area contributed by atoms with Gasteiger partial charge in [0.1, 0.15) is 5.54 Å². The first-order chi connectivity index (χ1) is 19.0. The Balaban J connectivity index is 0.00000370. The van der Waals surface area contributed by atoms with Crippen molar-refractivity contribution in [3.8, 4) is 0 Å². The highest BCUT2D eigenvalue weighted by molar-refractivity contribution is 5.85. The van der Waals surface area contributed by atoms with E-state index >= 15 is 0 Å². The third-order valence-electron chi connectivity index (χ3n) is 8.12. The Hall–Kier alpha value is -3.45. The SMILES string of the molecule is Cc1c(CCC[C@H](N)C(=O)N(C)N2CCCC2)ncn1C(c1ccccc1)(c1ccccc1)c1ccccc1.Cl. The molecule has 1 amide bonds. The molecule has 1 aliphatic heterocycles. The first-order valence-electron chi connectivity index (χ1n) is 14.0. The summed E-state index contributed by atoms with van der Waals surface area (Å²) >= 11 is 0. The quantitative estimate of drug-likeness (QED) is 0.259. The van der Waals surface area contributed by atoms with Gasteiger partial charge in [-0.15, -0.1) is 12.4 Å². The maximum Gasteiger partial charge on any atom is 0.253 e. The maximum atomic E-state index is 12.9. The smallest absolute Gasteiger partial charge is 0.253 e. The van der Waals surface area contributed by atoms with Gasteiger partial charge in [-0.25, -0.2) is 9.99 Å². The van der Waals surface area contributed by atoms with Gasteiger partial charge in [-0.1, -0.05) is 91.0 Å². The van der Waals surface area contributed by atoms with Crippen LogP contribution in [0.2, 0.25) is 0 Å². The fourth-order valence-electron chi connectivity index (χ4n) is 5.98. The van der Waals surface area contributed by atoms with Gasteiger partial charge in [0, 0.05) is 25.8 Å². The van der Waals surface area contributed by atoms with Crippen molar-refractivity contribution in [1.29, 1.82) is 0 Å². The number of hydrazine groups is 1. The highest BCUT2D eigenvalue weighted by Crippen LogP contribution is 2.41. The number of imidazole rings is 1. The van der Waals surface area contributed by atoms with Crippen molar-refractivity contribution in [2.45, 2.75) is 50.6 Å². The van der Waals surface area contributed by atoms with Crippen LogP contribution in [0.25, 0.3) is 0 Å². The van der Waals surface area contributed by atoms with E-state index in [-0.39, 0.29) is 18.3 Å². The Kier molecular flexibility index (Phi) is 9.80. The van der Waals surface area contributed by atoms with Crippen molar-refractivity contribution in [2.24, 2.45) is 5.73 Å². The molecule has 1 aromatic heterocycles. The van der Waals surface area contributed by atoms with E-state index < -0.39 is 11.6 Å². The van der Waals surface area contributed by atoms with Gasteiger partial charge in [0.25, 0.3) is 5.91 Å². The van der Waals surface area contributed by atoms with Gasteiger partial charge in [0.05, 0.1) is 18.1 Å². The van der Waals surface area contributed by atoms with Crippen LogP contribution in [-0.2, 0) is 16.8 Å². The lowest BCUT2D eigenvalue weighted by molar-refractivity contribution is -0.145. The molecule has 0 unspecified atom stereocenters. The first-order valence-corrected chi connectivity index (χ1v) is 14.0. The van der Waals surface area contributed by atoms with Crippen LogP contribution in [0.4, 0.5) is 0 Å². The largest absolute Gasteiger partial charge is 0.320 e. The van der Waals surface area contributed by atoms with Crippen molar-refractivity contribution in [2.75, 3.05) is 20.1 Å². The van der Waals surface area contributed by atoms with Crippen LogP contribution in [0.5, 0.6) is 0 Å². The molecular weight excluding hydrogens is 518 g/mol. The van der Waals surface area contributed by atoms with Gasteiger partial charge in [-0.05, 0) is 55.7 Å². The number of hydrogen-bond donors (Lipinski definition) is 1. The van der Waals surface area contributed by atoms with Gasteiger partial charge < -0.3 is 10.3 Å². The first kappa shape index (κ1) is 29.5. The second-order valence-corrected chi connectivity index (χ2v) is 10.5. The number of aryl methyl sites for hydroxylation is 1. The molecule has 0 spiro atoms. The van der Waals surface area contributed by atoms with Crippen LogP contribution in [0.3, 0.4) is 0 Å². The van der Waals surface area contributed by atoms with E-state index in [1.807, 2.05) is 13.4 Å². The number of amides is 1. The molecule has 1 saturated heterocycles. The Morgan fingerprint density at radius 2 is 1.38 bits per heavy atom. The van der Waals surface area contributed by atoms with E-state index in [1.165, 1.54) is 16.7 Å². The monoisotopic (exact) mass is 557 g/mol. The molecule has 6 nitrogen and oxygen atoms in total. The Labute approximate surface area is 244 Å². The summed E-state index contributed by atoms with van der Waals surface area (Å²) in [6.07, 6.45) is 6.43. The number of carbonyl (C=O) groups excluding carboxylic acids is 1. The van der Waals surface area contributed by atoms with E-state index in [4.69, 9.17) is 10.7 Å². The summed E-state index contributed by atoms with van der Waals surface area (Å²) in [5.74, 6) is -0.00426. The van der Waals surface area contributed by atoms with Gasteiger partial charge in [0.2, 0.25) is 0 Å². The van der Waals surface area contributed by atoms with Crippen LogP contribution in [0, 0.1) is 6.92 Å².